The molecule has 1 amide bonds. The summed E-state index contributed by atoms with van der Waals surface area (Å²) < 4.78 is 1.01. The topological polar surface area (TPSA) is 20.3 Å². The lowest BCUT2D eigenvalue weighted by Gasteiger charge is -2.32. The summed E-state index contributed by atoms with van der Waals surface area (Å²) in [6.07, 6.45) is 2.12. The van der Waals surface area contributed by atoms with Crippen LogP contribution < -0.4 is 0 Å². The molecule has 104 valence electrons. The van der Waals surface area contributed by atoms with Gasteiger partial charge in [0.25, 0.3) is 5.91 Å². The smallest absolute Gasteiger partial charge is 0.263 e. The van der Waals surface area contributed by atoms with Crippen molar-refractivity contribution >= 4 is 33.2 Å². The molecule has 1 fully saturated rings. The highest BCUT2D eigenvalue weighted by molar-refractivity contribution is 9.11. The number of hydrogen-bond acceptors (Lipinski definition) is 2. The van der Waals surface area contributed by atoms with Crippen molar-refractivity contribution in [2.24, 2.45) is 0 Å². The fraction of sp³-hybridized carbons (Fsp3) is 0.312. The van der Waals surface area contributed by atoms with E-state index >= 15 is 0 Å². The Morgan fingerprint density at radius 2 is 1.80 bits per heavy atom. The van der Waals surface area contributed by atoms with Crippen molar-refractivity contribution in [2.45, 2.75) is 18.8 Å². The Morgan fingerprint density at radius 1 is 1.10 bits per heavy atom. The minimum absolute atomic E-state index is 0.173. The highest BCUT2D eigenvalue weighted by Gasteiger charge is 2.25. The third-order valence-electron chi connectivity index (χ3n) is 3.84. The van der Waals surface area contributed by atoms with Crippen LogP contribution in [0.15, 0.2) is 46.3 Å². The number of likely N-dealkylation sites (tertiary alicyclic amines) is 1. The van der Waals surface area contributed by atoms with Crippen molar-refractivity contribution in [1.82, 2.24) is 4.90 Å². The summed E-state index contributed by atoms with van der Waals surface area (Å²) in [5.41, 5.74) is 1.40. The number of hydrogen-bond donors (Lipinski definition) is 0. The zero-order valence-corrected chi connectivity index (χ0v) is 13.5. The zero-order chi connectivity index (χ0) is 13.9. The third kappa shape index (κ3) is 2.96. The molecule has 0 saturated carbocycles. The average molecular weight is 350 g/mol. The number of thiophene rings is 1. The standard InChI is InChI=1S/C16H16BrNOS/c17-15-7-6-14(20-15)16(19)18-10-8-13(9-11-18)12-4-2-1-3-5-12/h1-7,13H,8-11H2. The minimum atomic E-state index is 0.173. The van der Waals surface area contributed by atoms with E-state index in [2.05, 4.69) is 46.3 Å². The second-order valence-electron chi connectivity index (χ2n) is 5.08. The van der Waals surface area contributed by atoms with Crippen LogP contribution >= 0.6 is 27.3 Å². The van der Waals surface area contributed by atoms with Gasteiger partial charge in [-0.05, 0) is 52.4 Å². The molecule has 0 atom stereocenters. The Hall–Kier alpha value is -1.13. The Morgan fingerprint density at radius 3 is 2.40 bits per heavy atom. The molecule has 0 bridgehead atoms. The number of carbonyl (C=O) groups excluding carboxylic acids is 1. The number of piperidine rings is 1. The predicted molar refractivity (Wildman–Crippen MR) is 86.3 cm³/mol. The molecule has 0 aliphatic carbocycles. The molecule has 1 aliphatic rings. The van der Waals surface area contributed by atoms with E-state index in [-0.39, 0.29) is 5.91 Å². The molecule has 2 aromatic rings. The first kappa shape index (κ1) is 13.8. The SMILES string of the molecule is O=C(c1ccc(Br)s1)N1CCC(c2ccccc2)CC1. The number of carbonyl (C=O) groups is 1. The Bertz CT molecular complexity index is 588. The molecule has 0 radical (unpaired) electrons. The van der Waals surface area contributed by atoms with Gasteiger partial charge < -0.3 is 4.90 Å². The van der Waals surface area contributed by atoms with Gasteiger partial charge in [0, 0.05) is 13.1 Å². The Kier molecular flexibility index (Phi) is 4.22. The van der Waals surface area contributed by atoms with E-state index in [0.717, 1.165) is 34.6 Å². The van der Waals surface area contributed by atoms with Crippen LogP contribution in [0.4, 0.5) is 0 Å². The molecular formula is C16H16BrNOS. The third-order valence-corrected chi connectivity index (χ3v) is 5.45. The molecule has 4 heteroatoms. The van der Waals surface area contributed by atoms with E-state index in [1.165, 1.54) is 16.9 Å². The van der Waals surface area contributed by atoms with Gasteiger partial charge in [-0.3, -0.25) is 4.79 Å². The van der Waals surface area contributed by atoms with Gasteiger partial charge in [-0.1, -0.05) is 30.3 Å². The molecule has 1 aromatic heterocycles. The van der Waals surface area contributed by atoms with Crippen molar-refractivity contribution in [1.29, 1.82) is 0 Å². The summed E-state index contributed by atoms with van der Waals surface area (Å²) in [6.45, 7) is 1.71. The van der Waals surface area contributed by atoms with Crippen molar-refractivity contribution in [3.05, 3.63) is 56.7 Å². The van der Waals surface area contributed by atoms with Crippen LogP contribution in [0, 0.1) is 0 Å². The molecule has 0 unspecified atom stereocenters. The molecule has 2 heterocycles. The second kappa shape index (κ2) is 6.10. The fourth-order valence-electron chi connectivity index (χ4n) is 2.73. The van der Waals surface area contributed by atoms with Crippen molar-refractivity contribution in [2.75, 3.05) is 13.1 Å². The maximum atomic E-state index is 12.4. The summed E-state index contributed by atoms with van der Waals surface area (Å²) in [4.78, 5) is 15.2. The van der Waals surface area contributed by atoms with Crippen molar-refractivity contribution in [3.63, 3.8) is 0 Å². The normalized spacial score (nSPS) is 16.4. The number of benzene rings is 1. The molecule has 3 rings (SSSR count). The highest BCUT2D eigenvalue weighted by Crippen LogP contribution is 2.30. The maximum Gasteiger partial charge on any atom is 0.263 e. The van der Waals surface area contributed by atoms with Crippen molar-refractivity contribution in [3.8, 4) is 0 Å². The Balaban J connectivity index is 1.63. The van der Waals surface area contributed by atoms with Gasteiger partial charge in [-0.25, -0.2) is 0 Å². The second-order valence-corrected chi connectivity index (χ2v) is 7.54. The van der Waals surface area contributed by atoms with E-state index in [9.17, 15) is 4.79 Å². The lowest BCUT2D eigenvalue weighted by atomic mass is 9.89. The molecule has 2 nitrogen and oxygen atoms in total. The van der Waals surface area contributed by atoms with Gasteiger partial charge in [0.2, 0.25) is 0 Å². The molecular weight excluding hydrogens is 334 g/mol. The van der Waals surface area contributed by atoms with Crippen LogP contribution in [-0.2, 0) is 0 Å². The van der Waals surface area contributed by atoms with Gasteiger partial charge in [0.15, 0.2) is 0 Å². The first-order valence-corrected chi connectivity index (χ1v) is 8.44. The van der Waals surface area contributed by atoms with E-state index in [0.29, 0.717) is 5.92 Å². The van der Waals surface area contributed by atoms with Crippen molar-refractivity contribution < 1.29 is 4.79 Å². The monoisotopic (exact) mass is 349 g/mol. The summed E-state index contributed by atoms with van der Waals surface area (Å²) >= 11 is 4.92. The molecule has 1 aromatic carbocycles. The highest BCUT2D eigenvalue weighted by atomic mass is 79.9. The first-order valence-electron chi connectivity index (χ1n) is 6.83. The Labute approximate surface area is 131 Å². The van der Waals surface area contributed by atoms with Crippen LogP contribution in [0.1, 0.15) is 34.0 Å². The largest absolute Gasteiger partial charge is 0.338 e. The number of amides is 1. The fourth-order valence-corrected chi connectivity index (χ4v) is 4.08. The van der Waals surface area contributed by atoms with Gasteiger partial charge in [-0.15, -0.1) is 11.3 Å². The molecule has 1 aliphatic heterocycles. The summed E-state index contributed by atoms with van der Waals surface area (Å²) in [5, 5.41) is 0. The van der Waals surface area contributed by atoms with Crippen LogP contribution in [0.25, 0.3) is 0 Å². The van der Waals surface area contributed by atoms with E-state index < -0.39 is 0 Å². The predicted octanol–water partition coefficient (Wildman–Crippen LogP) is 4.53. The number of rotatable bonds is 2. The summed E-state index contributed by atoms with van der Waals surface area (Å²) in [7, 11) is 0. The first-order chi connectivity index (χ1) is 9.74. The quantitative estimate of drug-likeness (QED) is 0.779. The number of halogens is 1. The van der Waals surface area contributed by atoms with Gasteiger partial charge in [0.1, 0.15) is 0 Å². The van der Waals surface area contributed by atoms with Gasteiger partial charge in [0.05, 0.1) is 8.66 Å². The molecule has 1 saturated heterocycles. The van der Waals surface area contributed by atoms with E-state index in [1.807, 2.05) is 17.0 Å². The lowest BCUT2D eigenvalue weighted by molar-refractivity contribution is 0.0718. The minimum Gasteiger partial charge on any atom is -0.338 e. The molecule has 0 N–H and O–H groups in total. The number of nitrogens with zero attached hydrogens (tertiary/aromatic N) is 1. The van der Waals surface area contributed by atoms with E-state index in [1.54, 1.807) is 0 Å². The maximum absolute atomic E-state index is 12.4. The summed E-state index contributed by atoms with van der Waals surface area (Å²) in [5.74, 6) is 0.766. The van der Waals surface area contributed by atoms with Crippen LogP contribution in [0.2, 0.25) is 0 Å². The van der Waals surface area contributed by atoms with E-state index in [4.69, 9.17) is 0 Å². The summed E-state index contributed by atoms with van der Waals surface area (Å²) in [6, 6.07) is 14.5. The molecule has 0 spiro atoms. The van der Waals surface area contributed by atoms with Crippen LogP contribution in [0.5, 0.6) is 0 Å². The van der Waals surface area contributed by atoms with Crippen LogP contribution in [0.3, 0.4) is 0 Å². The zero-order valence-electron chi connectivity index (χ0n) is 11.1. The molecule has 20 heavy (non-hydrogen) atoms. The lowest BCUT2D eigenvalue weighted by Crippen LogP contribution is -2.37. The van der Waals surface area contributed by atoms with Crippen LogP contribution in [-0.4, -0.2) is 23.9 Å². The average Bonchev–Trinajstić information content (AvgIpc) is 2.94. The van der Waals surface area contributed by atoms with Gasteiger partial charge >= 0.3 is 0 Å². The van der Waals surface area contributed by atoms with Gasteiger partial charge in [-0.2, -0.15) is 0 Å².